The van der Waals surface area contributed by atoms with Crippen LogP contribution in [0.4, 0.5) is 11.5 Å². The van der Waals surface area contributed by atoms with Crippen LogP contribution in [0.3, 0.4) is 0 Å². The maximum Gasteiger partial charge on any atom is 0.363 e. The number of esters is 1. The summed E-state index contributed by atoms with van der Waals surface area (Å²) >= 11 is 0. The summed E-state index contributed by atoms with van der Waals surface area (Å²) in [6, 6.07) is 2.71. The number of nitrogens with zero attached hydrogens (tertiary/aromatic N) is 2. The zero-order valence-electron chi connectivity index (χ0n) is 9.54. The van der Waals surface area contributed by atoms with Crippen molar-refractivity contribution < 1.29 is 14.5 Å². The van der Waals surface area contributed by atoms with E-state index in [2.05, 4.69) is 15.0 Å². The van der Waals surface area contributed by atoms with Crippen LogP contribution in [0.5, 0.6) is 0 Å². The Labute approximate surface area is 98.0 Å². The van der Waals surface area contributed by atoms with E-state index in [0.717, 1.165) is 0 Å². The summed E-state index contributed by atoms with van der Waals surface area (Å²) in [7, 11) is 1.32. The molecule has 7 nitrogen and oxygen atoms in total. The van der Waals surface area contributed by atoms with E-state index in [1.54, 1.807) is 13.0 Å². The van der Waals surface area contributed by atoms with Crippen molar-refractivity contribution in [2.75, 3.05) is 12.4 Å². The first-order chi connectivity index (χ1) is 8.02. The number of carbonyl (C=O) groups is 1. The Morgan fingerprint density at radius 2 is 2.35 bits per heavy atom. The van der Waals surface area contributed by atoms with Gasteiger partial charge in [0.1, 0.15) is 0 Å². The molecule has 0 spiro atoms. The minimum atomic E-state index is -0.568. The Morgan fingerprint density at radius 1 is 1.65 bits per heavy atom. The van der Waals surface area contributed by atoms with E-state index in [-0.39, 0.29) is 24.2 Å². The standard InChI is InChI=1S/C10H13N3O4/c1-7(5-10(14)17-2)12-8-3-4-9(11-6-8)13(15)16/h3-4,6-7,12H,5H2,1-2H3. The number of nitro groups is 1. The van der Waals surface area contributed by atoms with Crippen molar-refractivity contribution in [3.8, 4) is 0 Å². The van der Waals surface area contributed by atoms with E-state index in [1.165, 1.54) is 19.4 Å². The molecule has 1 aromatic rings. The molecule has 1 unspecified atom stereocenters. The van der Waals surface area contributed by atoms with Gasteiger partial charge in [0.05, 0.1) is 19.2 Å². The molecule has 1 N–H and O–H groups in total. The lowest BCUT2D eigenvalue weighted by Gasteiger charge is -2.12. The zero-order valence-corrected chi connectivity index (χ0v) is 9.54. The number of hydrogen-bond donors (Lipinski definition) is 1. The number of nitrogens with one attached hydrogen (secondary N) is 1. The van der Waals surface area contributed by atoms with Crippen LogP contribution in [-0.2, 0) is 9.53 Å². The molecule has 0 aliphatic carbocycles. The molecule has 0 aromatic carbocycles. The van der Waals surface area contributed by atoms with E-state index >= 15 is 0 Å². The highest BCUT2D eigenvalue weighted by molar-refractivity contribution is 5.70. The zero-order chi connectivity index (χ0) is 12.8. The van der Waals surface area contributed by atoms with Gasteiger partial charge in [-0.25, -0.2) is 0 Å². The molecule has 1 rings (SSSR count). The minimum Gasteiger partial charge on any atom is -0.469 e. The topological polar surface area (TPSA) is 94.4 Å². The maximum absolute atomic E-state index is 11.0. The number of rotatable bonds is 5. The summed E-state index contributed by atoms with van der Waals surface area (Å²) in [5.41, 5.74) is 0.618. The first kappa shape index (κ1) is 12.9. The lowest BCUT2D eigenvalue weighted by molar-refractivity contribution is -0.389. The highest BCUT2D eigenvalue weighted by atomic mass is 16.6. The van der Waals surface area contributed by atoms with E-state index in [4.69, 9.17) is 0 Å². The van der Waals surface area contributed by atoms with Crippen molar-refractivity contribution in [1.82, 2.24) is 4.98 Å². The van der Waals surface area contributed by atoms with Crippen molar-refractivity contribution in [2.45, 2.75) is 19.4 Å². The number of aromatic nitrogens is 1. The molecule has 0 aliphatic rings. The van der Waals surface area contributed by atoms with Crippen LogP contribution in [0.1, 0.15) is 13.3 Å². The van der Waals surface area contributed by atoms with Crippen LogP contribution in [-0.4, -0.2) is 29.0 Å². The number of ether oxygens (including phenoxy) is 1. The fourth-order valence-corrected chi connectivity index (χ4v) is 1.25. The van der Waals surface area contributed by atoms with E-state index in [0.29, 0.717) is 5.69 Å². The second-order valence-electron chi connectivity index (χ2n) is 3.49. The summed E-state index contributed by atoms with van der Waals surface area (Å²) in [5, 5.41) is 13.4. The predicted octanol–water partition coefficient (Wildman–Crippen LogP) is 1.35. The Balaban J connectivity index is 2.57. The molecular weight excluding hydrogens is 226 g/mol. The van der Waals surface area contributed by atoms with Gasteiger partial charge in [0.2, 0.25) is 0 Å². The molecular formula is C10H13N3O4. The van der Waals surface area contributed by atoms with Crippen molar-refractivity contribution in [1.29, 1.82) is 0 Å². The second kappa shape index (κ2) is 5.78. The van der Waals surface area contributed by atoms with Crippen LogP contribution in [0, 0.1) is 10.1 Å². The van der Waals surface area contributed by atoms with E-state index < -0.39 is 4.92 Å². The van der Waals surface area contributed by atoms with Gasteiger partial charge >= 0.3 is 11.8 Å². The quantitative estimate of drug-likeness (QED) is 0.473. The summed E-state index contributed by atoms with van der Waals surface area (Å²) in [6.07, 6.45) is 1.57. The average molecular weight is 239 g/mol. The van der Waals surface area contributed by atoms with Crippen LogP contribution < -0.4 is 5.32 Å². The van der Waals surface area contributed by atoms with E-state index in [1.807, 2.05) is 0 Å². The van der Waals surface area contributed by atoms with Gasteiger partial charge in [-0.3, -0.25) is 4.79 Å². The monoisotopic (exact) mass is 239 g/mol. The summed E-state index contributed by atoms with van der Waals surface area (Å²) in [6.45, 7) is 1.80. The molecule has 0 bridgehead atoms. The van der Waals surface area contributed by atoms with Crippen molar-refractivity contribution in [3.05, 3.63) is 28.4 Å². The van der Waals surface area contributed by atoms with Crippen LogP contribution in [0.15, 0.2) is 18.3 Å². The molecule has 92 valence electrons. The largest absolute Gasteiger partial charge is 0.469 e. The van der Waals surface area contributed by atoms with Crippen molar-refractivity contribution in [2.24, 2.45) is 0 Å². The normalized spacial score (nSPS) is 11.6. The molecule has 7 heteroatoms. The predicted molar refractivity (Wildman–Crippen MR) is 60.6 cm³/mol. The van der Waals surface area contributed by atoms with Gasteiger partial charge in [0, 0.05) is 12.1 Å². The van der Waals surface area contributed by atoms with Gasteiger partial charge < -0.3 is 20.2 Å². The summed E-state index contributed by atoms with van der Waals surface area (Å²) < 4.78 is 4.53. The minimum absolute atomic E-state index is 0.134. The Kier molecular flexibility index (Phi) is 4.38. The lowest BCUT2D eigenvalue weighted by atomic mass is 10.2. The molecule has 0 fully saturated rings. The molecule has 17 heavy (non-hydrogen) atoms. The first-order valence-corrected chi connectivity index (χ1v) is 4.96. The molecule has 0 amide bonds. The van der Waals surface area contributed by atoms with Crippen molar-refractivity contribution >= 4 is 17.5 Å². The van der Waals surface area contributed by atoms with Gasteiger partial charge in [-0.2, -0.15) is 0 Å². The molecule has 0 saturated carbocycles. The molecule has 0 radical (unpaired) electrons. The van der Waals surface area contributed by atoms with Gasteiger partial charge in [-0.15, -0.1) is 0 Å². The number of methoxy groups -OCH3 is 1. The van der Waals surface area contributed by atoms with Crippen LogP contribution >= 0.6 is 0 Å². The fraction of sp³-hybridized carbons (Fsp3) is 0.400. The second-order valence-corrected chi connectivity index (χ2v) is 3.49. The van der Waals surface area contributed by atoms with Gasteiger partial charge in [0.15, 0.2) is 6.20 Å². The van der Waals surface area contributed by atoms with Gasteiger partial charge in [-0.05, 0) is 22.9 Å². The average Bonchev–Trinajstić information content (AvgIpc) is 2.29. The molecule has 1 heterocycles. The third-order valence-electron chi connectivity index (χ3n) is 2.05. The highest BCUT2D eigenvalue weighted by Crippen LogP contribution is 2.13. The SMILES string of the molecule is COC(=O)CC(C)Nc1ccc([N+](=O)[O-])nc1. The smallest absolute Gasteiger partial charge is 0.363 e. The first-order valence-electron chi connectivity index (χ1n) is 4.96. The third kappa shape index (κ3) is 4.06. The molecule has 1 atom stereocenters. The van der Waals surface area contributed by atoms with Gasteiger partial charge in [0.25, 0.3) is 0 Å². The van der Waals surface area contributed by atoms with Crippen molar-refractivity contribution in [3.63, 3.8) is 0 Å². The van der Waals surface area contributed by atoms with Crippen LogP contribution in [0.25, 0.3) is 0 Å². The van der Waals surface area contributed by atoms with Gasteiger partial charge in [-0.1, -0.05) is 0 Å². The third-order valence-corrected chi connectivity index (χ3v) is 2.05. The number of carbonyl (C=O) groups excluding carboxylic acids is 1. The highest BCUT2D eigenvalue weighted by Gasteiger charge is 2.11. The lowest BCUT2D eigenvalue weighted by Crippen LogP contribution is -2.20. The summed E-state index contributed by atoms with van der Waals surface area (Å²) in [5.74, 6) is -0.531. The molecule has 0 saturated heterocycles. The fourth-order valence-electron chi connectivity index (χ4n) is 1.25. The number of anilines is 1. The number of hydrogen-bond acceptors (Lipinski definition) is 6. The van der Waals surface area contributed by atoms with Crippen LogP contribution in [0.2, 0.25) is 0 Å². The molecule has 1 aromatic heterocycles. The summed E-state index contributed by atoms with van der Waals surface area (Å²) in [4.78, 5) is 24.5. The molecule has 0 aliphatic heterocycles. The van der Waals surface area contributed by atoms with E-state index in [9.17, 15) is 14.9 Å². The number of pyridine rings is 1. The Hall–Kier alpha value is -2.18. The maximum atomic E-state index is 11.0. The Bertz CT molecular complexity index is 405. The Morgan fingerprint density at radius 3 is 2.82 bits per heavy atom.